The van der Waals surface area contributed by atoms with E-state index in [0.29, 0.717) is 6.61 Å². The Morgan fingerprint density at radius 2 is 1.85 bits per heavy atom. The van der Waals surface area contributed by atoms with Crippen molar-refractivity contribution in [1.29, 1.82) is 0 Å². The zero-order valence-corrected chi connectivity index (χ0v) is 14.9. The van der Waals surface area contributed by atoms with E-state index in [4.69, 9.17) is 4.74 Å². The maximum atomic E-state index is 12.9. The summed E-state index contributed by atoms with van der Waals surface area (Å²) in [6, 6.07) is 8.56. The van der Waals surface area contributed by atoms with Crippen molar-refractivity contribution >= 4 is 11.6 Å². The largest absolute Gasteiger partial charge is 0.373 e. The molecule has 0 atom stereocenters. The molecule has 1 aromatic carbocycles. The summed E-state index contributed by atoms with van der Waals surface area (Å²) in [6.45, 7) is 3.39. The maximum Gasteiger partial charge on any atom is 0.134 e. The van der Waals surface area contributed by atoms with Crippen molar-refractivity contribution in [2.24, 2.45) is 5.92 Å². The number of rotatable bonds is 7. The van der Waals surface area contributed by atoms with Crippen molar-refractivity contribution in [2.75, 3.05) is 29.9 Å². The third-order valence-corrected chi connectivity index (χ3v) is 5.09. The summed E-state index contributed by atoms with van der Waals surface area (Å²) in [5.41, 5.74) is 1.01. The number of hydrogen-bond acceptors (Lipinski definition) is 5. The molecule has 0 unspecified atom stereocenters. The highest BCUT2D eigenvalue weighted by atomic mass is 19.1. The summed E-state index contributed by atoms with van der Waals surface area (Å²) in [7, 11) is 0. The van der Waals surface area contributed by atoms with Gasteiger partial charge in [-0.05, 0) is 49.3 Å². The van der Waals surface area contributed by atoms with Crippen LogP contribution in [0.5, 0.6) is 0 Å². The van der Waals surface area contributed by atoms with E-state index in [9.17, 15) is 4.39 Å². The van der Waals surface area contributed by atoms with Crippen LogP contribution in [0.25, 0.3) is 0 Å². The van der Waals surface area contributed by atoms with Crippen molar-refractivity contribution in [2.45, 2.75) is 38.4 Å². The molecule has 2 aromatic rings. The fraction of sp³-hybridized carbons (Fsp3) is 0.500. The summed E-state index contributed by atoms with van der Waals surface area (Å²) in [4.78, 5) is 11.0. The van der Waals surface area contributed by atoms with E-state index in [-0.39, 0.29) is 11.9 Å². The first kappa shape index (κ1) is 17.2. The first-order valence-electron chi connectivity index (χ1n) is 9.43. The minimum atomic E-state index is -0.210. The second kappa shape index (κ2) is 7.99. The normalized spacial score (nSPS) is 18.1. The lowest BCUT2D eigenvalue weighted by atomic mass is 10.1. The van der Waals surface area contributed by atoms with Gasteiger partial charge in [0.2, 0.25) is 0 Å². The van der Waals surface area contributed by atoms with Crippen LogP contribution in [0.1, 0.15) is 31.2 Å². The second-order valence-corrected chi connectivity index (χ2v) is 7.21. The molecule has 6 heteroatoms. The summed E-state index contributed by atoms with van der Waals surface area (Å²) >= 11 is 0. The predicted molar refractivity (Wildman–Crippen MR) is 99.7 cm³/mol. The molecule has 0 bridgehead atoms. The molecule has 5 nitrogen and oxygen atoms in total. The lowest BCUT2D eigenvalue weighted by molar-refractivity contribution is 0.0250. The molecule has 1 aromatic heterocycles. The quantitative estimate of drug-likeness (QED) is 0.821. The Hall–Kier alpha value is -2.21. The van der Waals surface area contributed by atoms with Crippen LogP contribution in [-0.4, -0.2) is 35.7 Å². The number of hydrogen-bond donors (Lipinski definition) is 1. The molecule has 1 N–H and O–H groups in total. The molecule has 1 saturated heterocycles. The van der Waals surface area contributed by atoms with Crippen molar-refractivity contribution in [1.82, 2.24) is 9.97 Å². The highest BCUT2D eigenvalue weighted by molar-refractivity contribution is 5.48. The monoisotopic (exact) mass is 356 g/mol. The SMILES string of the molecule is Fc1ccc(COC2CCN(c3cc(NCC4CC4)ncn3)CC2)cc1. The Labute approximate surface area is 153 Å². The zero-order chi connectivity index (χ0) is 17.8. The van der Waals surface area contributed by atoms with Gasteiger partial charge in [0.25, 0.3) is 0 Å². The van der Waals surface area contributed by atoms with Gasteiger partial charge in [-0.3, -0.25) is 0 Å². The minimum absolute atomic E-state index is 0.210. The Kier molecular flexibility index (Phi) is 5.29. The van der Waals surface area contributed by atoms with Gasteiger partial charge in [-0.2, -0.15) is 0 Å². The molecule has 26 heavy (non-hydrogen) atoms. The molecule has 1 aliphatic carbocycles. The summed E-state index contributed by atoms with van der Waals surface area (Å²) < 4.78 is 18.9. The first-order chi connectivity index (χ1) is 12.8. The van der Waals surface area contributed by atoms with E-state index in [1.165, 1.54) is 25.0 Å². The van der Waals surface area contributed by atoms with Gasteiger partial charge in [0, 0.05) is 25.7 Å². The Morgan fingerprint density at radius 3 is 2.58 bits per heavy atom. The van der Waals surface area contributed by atoms with Crippen LogP contribution in [0.3, 0.4) is 0 Å². The maximum absolute atomic E-state index is 12.9. The number of halogens is 1. The molecular weight excluding hydrogens is 331 g/mol. The number of anilines is 2. The van der Waals surface area contributed by atoms with Crippen LogP contribution < -0.4 is 10.2 Å². The number of nitrogens with one attached hydrogen (secondary N) is 1. The van der Waals surface area contributed by atoms with Gasteiger partial charge in [0.1, 0.15) is 23.8 Å². The lowest BCUT2D eigenvalue weighted by Gasteiger charge is -2.32. The molecule has 2 fully saturated rings. The molecular formula is C20H25FN4O. The summed E-state index contributed by atoms with van der Waals surface area (Å²) in [5.74, 6) is 2.51. The van der Waals surface area contributed by atoms with E-state index in [1.54, 1.807) is 18.5 Å². The van der Waals surface area contributed by atoms with E-state index in [2.05, 4.69) is 20.2 Å². The molecule has 0 spiro atoms. The lowest BCUT2D eigenvalue weighted by Crippen LogP contribution is -2.37. The second-order valence-electron chi connectivity index (χ2n) is 7.21. The molecule has 138 valence electrons. The van der Waals surface area contributed by atoms with Crippen LogP contribution in [0.15, 0.2) is 36.7 Å². The van der Waals surface area contributed by atoms with Gasteiger partial charge in [0.05, 0.1) is 12.7 Å². The van der Waals surface area contributed by atoms with Gasteiger partial charge in [-0.25, -0.2) is 14.4 Å². The Bertz CT molecular complexity index is 712. The van der Waals surface area contributed by atoms with Gasteiger partial charge < -0.3 is 15.0 Å². The number of aromatic nitrogens is 2. The first-order valence-corrected chi connectivity index (χ1v) is 9.43. The molecule has 0 radical (unpaired) electrons. The van der Waals surface area contributed by atoms with Crippen molar-refractivity contribution in [3.63, 3.8) is 0 Å². The van der Waals surface area contributed by atoms with Crippen molar-refractivity contribution in [3.05, 3.63) is 48.0 Å². The fourth-order valence-corrected chi connectivity index (χ4v) is 3.23. The topological polar surface area (TPSA) is 50.3 Å². The molecule has 1 saturated carbocycles. The van der Waals surface area contributed by atoms with Crippen molar-refractivity contribution in [3.8, 4) is 0 Å². The molecule has 0 amide bonds. The van der Waals surface area contributed by atoms with Gasteiger partial charge in [-0.1, -0.05) is 12.1 Å². The third-order valence-electron chi connectivity index (χ3n) is 5.09. The van der Waals surface area contributed by atoms with Gasteiger partial charge >= 0.3 is 0 Å². The summed E-state index contributed by atoms with van der Waals surface area (Å²) in [6.07, 6.45) is 6.48. The highest BCUT2D eigenvalue weighted by Gasteiger charge is 2.22. The highest BCUT2D eigenvalue weighted by Crippen LogP contribution is 2.29. The predicted octanol–water partition coefficient (Wildman–Crippen LogP) is 3.62. The number of ether oxygens (including phenoxy) is 1. The number of piperidine rings is 1. The molecule has 4 rings (SSSR count). The molecule has 2 aliphatic rings. The molecule has 2 heterocycles. The zero-order valence-electron chi connectivity index (χ0n) is 14.9. The van der Waals surface area contributed by atoms with Gasteiger partial charge in [-0.15, -0.1) is 0 Å². The van der Waals surface area contributed by atoms with E-state index in [1.807, 2.05) is 6.07 Å². The molecule has 1 aliphatic heterocycles. The van der Waals surface area contributed by atoms with Gasteiger partial charge in [0.15, 0.2) is 0 Å². The van der Waals surface area contributed by atoms with Crippen LogP contribution in [0.2, 0.25) is 0 Å². The van der Waals surface area contributed by atoms with Crippen LogP contribution in [0.4, 0.5) is 16.0 Å². The van der Waals surface area contributed by atoms with Crippen LogP contribution >= 0.6 is 0 Å². The van der Waals surface area contributed by atoms with E-state index >= 15 is 0 Å². The average Bonchev–Trinajstić information content (AvgIpc) is 3.51. The minimum Gasteiger partial charge on any atom is -0.373 e. The summed E-state index contributed by atoms with van der Waals surface area (Å²) in [5, 5.41) is 3.41. The Balaban J connectivity index is 1.25. The average molecular weight is 356 g/mol. The smallest absolute Gasteiger partial charge is 0.134 e. The van der Waals surface area contributed by atoms with Crippen LogP contribution in [-0.2, 0) is 11.3 Å². The number of nitrogens with zero attached hydrogens (tertiary/aromatic N) is 3. The van der Waals surface area contributed by atoms with E-state index in [0.717, 1.165) is 55.6 Å². The third kappa shape index (κ3) is 4.69. The van der Waals surface area contributed by atoms with Crippen LogP contribution in [0, 0.1) is 11.7 Å². The standard InChI is InChI=1S/C20H25FN4O/c21-17-5-3-16(4-6-17)13-26-18-7-9-25(10-8-18)20-11-19(23-14-24-20)22-12-15-1-2-15/h3-6,11,14-15,18H,1-2,7-10,12-13H2,(H,22,23,24). The van der Waals surface area contributed by atoms with Crippen molar-refractivity contribution < 1.29 is 9.13 Å². The number of benzene rings is 1. The van der Waals surface area contributed by atoms with E-state index < -0.39 is 0 Å². The fourth-order valence-electron chi connectivity index (χ4n) is 3.23. The Morgan fingerprint density at radius 1 is 1.08 bits per heavy atom.